The topological polar surface area (TPSA) is 32.3 Å². The van der Waals surface area contributed by atoms with Crippen molar-refractivity contribution >= 4 is 40.9 Å². The van der Waals surface area contributed by atoms with Gasteiger partial charge in [-0.05, 0) is 49.2 Å². The van der Waals surface area contributed by atoms with Crippen LogP contribution >= 0.6 is 35.0 Å². The monoisotopic (exact) mass is 454 g/mol. The highest BCUT2D eigenvalue weighted by atomic mass is 35.5. The molecule has 1 unspecified atom stereocenters. The van der Waals surface area contributed by atoms with Crippen molar-refractivity contribution in [2.24, 2.45) is 5.92 Å². The molecule has 0 spiro atoms. The maximum Gasteiger partial charge on any atom is 0.224 e. The van der Waals surface area contributed by atoms with Crippen LogP contribution in [0.1, 0.15) is 24.0 Å². The zero-order chi connectivity index (χ0) is 20.6. The zero-order valence-electron chi connectivity index (χ0n) is 16.2. The second-order valence-corrected chi connectivity index (χ2v) is 9.19. The normalized spacial score (nSPS) is 17.3. The number of rotatable bonds is 8. The van der Waals surface area contributed by atoms with E-state index in [9.17, 15) is 9.18 Å². The molecule has 1 fully saturated rings. The van der Waals surface area contributed by atoms with Gasteiger partial charge in [0.05, 0.1) is 5.92 Å². The molecule has 0 saturated carbocycles. The number of hydrogen-bond acceptors (Lipinski definition) is 3. The Morgan fingerprint density at radius 3 is 2.76 bits per heavy atom. The van der Waals surface area contributed by atoms with Gasteiger partial charge in [-0.3, -0.25) is 9.69 Å². The lowest BCUT2D eigenvalue weighted by molar-refractivity contribution is -0.126. The first-order valence-corrected chi connectivity index (χ1v) is 11.7. The average Bonchev–Trinajstić information content (AvgIpc) is 2.72. The maximum atomic E-state index is 14.0. The highest BCUT2D eigenvalue weighted by Crippen LogP contribution is 2.24. The Morgan fingerprint density at radius 2 is 2.00 bits per heavy atom. The third kappa shape index (κ3) is 6.88. The van der Waals surface area contributed by atoms with Crippen LogP contribution in [0.25, 0.3) is 0 Å². The Bertz CT molecular complexity index is 799. The van der Waals surface area contributed by atoms with Crippen molar-refractivity contribution in [3.8, 4) is 0 Å². The number of carbonyl (C=O) groups excluding carboxylic acids is 1. The largest absolute Gasteiger partial charge is 0.355 e. The second kappa shape index (κ2) is 11.2. The molecule has 0 radical (unpaired) electrons. The second-order valence-electron chi connectivity index (χ2n) is 7.24. The van der Waals surface area contributed by atoms with E-state index >= 15 is 0 Å². The standard InChI is InChI=1S/C22H25Cl2FN2OS/c23-18-8-6-16(7-9-18)15-29-12-10-26-22(28)17-3-2-11-27(13-17)14-19-20(24)4-1-5-21(19)25/h1,4-9,17H,2-3,10-15H2,(H,26,28). The van der Waals surface area contributed by atoms with Gasteiger partial charge in [0, 0.05) is 46.7 Å². The molecule has 1 amide bonds. The predicted octanol–water partition coefficient (Wildman–Crippen LogP) is 5.39. The van der Waals surface area contributed by atoms with E-state index in [0.29, 0.717) is 30.2 Å². The number of likely N-dealkylation sites (tertiary alicyclic amines) is 1. The van der Waals surface area contributed by atoms with Crippen LogP contribution in [-0.4, -0.2) is 36.2 Å². The molecule has 1 heterocycles. The molecule has 2 aromatic rings. The average molecular weight is 455 g/mol. The van der Waals surface area contributed by atoms with E-state index in [1.165, 1.54) is 11.6 Å². The highest BCUT2D eigenvalue weighted by molar-refractivity contribution is 7.98. The Labute approximate surface area is 185 Å². The van der Waals surface area contributed by atoms with Crippen molar-refractivity contribution in [2.75, 3.05) is 25.4 Å². The number of halogens is 3. The van der Waals surface area contributed by atoms with Gasteiger partial charge in [0.15, 0.2) is 0 Å². The Kier molecular flexibility index (Phi) is 8.67. The van der Waals surface area contributed by atoms with Gasteiger partial charge >= 0.3 is 0 Å². The van der Waals surface area contributed by atoms with E-state index in [0.717, 1.165) is 35.9 Å². The summed E-state index contributed by atoms with van der Waals surface area (Å²) in [5.41, 5.74) is 1.73. The summed E-state index contributed by atoms with van der Waals surface area (Å²) < 4.78 is 14.0. The van der Waals surface area contributed by atoms with Crippen molar-refractivity contribution in [2.45, 2.75) is 25.1 Å². The van der Waals surface area contributed by atoms with Crippen molar-refractivity contribution in [1.29, 1.82) is 0 Å². The smallest absolute Gasteiger partial charge is 0.224 e. The lowest BCUT2D eigenvalue weighted by atomic mass is 9.96. The summed E-state index contributed by atoms with van der Waals surface area (Å²) >= 11 is 13.8. The lowest BCUT2D eigenvalue weighted by Gasteiger charge is -2.32. The van der Waals surface area contributed by atoms with E-state index in [-0.39, 0.29) is 17.6 Å². The van der Waals surface area contributed by atoms with Gasteiger partial charge in [-0.2, -0.15) is 11.8 Å². The first kappa shape index (κ1) is 22.4. The molecular formula is C22H25Cl2FN2OS. The SMILES string of the molecule is O=C(NCCSCc1ccc(Cl)cc1)C1CCCN(Cc2c(F)cccc2Cl)C1. The third-order valence-electron chi connectivity index (χ3n) is 5.05. The number of piperidine rings is 1. The number of carbonyl (C=O) groups is 1. The number of nitrogens with one attached hydrogen (secondary N) is 1. The fourth-order valence-corrected chi connectivity index (χ4v) is 4.65. The van der Waals surface area contributed by atoms with Crippen LogP contribution in [0.15, 0.2) is 42.5 Å². The van der Waals surface area contributed by atoms with Crippen LogP contribution in [0.3, 0.4) is 0 Å². The van der Waals surface area contributed by atoms with Gasteiger partial charge < -0.3 is 5.32 Å². The molecule has 1 N–H and O–H groups in total. The summed E-state index contributed by atoms with van der Waals surface area (Å²) in [7, 11) is 0. The van der Waals surface area contributed by atoms with Gasteiger partial charge in [-0.25, -0.2) is 4.39 Å². The van der Waals surface area contributed by atoms with Gasteiger partial charge in [-0.15, -0.1) is 0 Å². The third-order valence-corrected chi connectivity index (χ3v) is 6.68. The minimum atomic E-state index is -0.290. The molecule has 29 heavy (non-hydrogen) atoms. The molecular weight excluding hydrogens is 430 g/mol. The summed E-state index contributed by atoms with van der Waals surface area (Å²) in [5, 5.41) is 4.23. The maximum absolute atomic E-state index is 14.0. The summed E-state index contributed by atoms with van der Waals surface area (Å²) in [6, 6.07) is 12.6. The number of thioether (sulfide) groups is 1. The van der Waals surface area contributed by atoms with Crippen molar-refractivity contribution in [3.63, 3.8) is 0 Å². The number of amides is 1. The van der Waals surface area contributed by atoms with Gasteiger partial charge in [-0.1, -0.05) is 41.4 Å². The first-order valence-electron chi connectivity index (χ1n) is 9.78. The van der Waals surface area contributed by atoms with Gasteiger partial charge in [0.25, 0.3) is 0 Å². The van der Waals surface area contributed by atoms with Crippen LogP contribution < -0.4 is 5.32 Å². The fraction of sp³-hybridized carbons (Fsp3) is 0.409. The van der Waals surface area contributed by atoms with Crippen molar-refractivity contribution in [1.82, 2.24) is 10.2 Å². The zero-order valence-corrected chi connectivity index (χ0v) is 18.5. The van der Waals surface area contributed by atoms with E-state index in [1.807, 2.05) is 24.3 Å². The highest BCUT2D eigenvalue weighted by Gasteiger charge is 2.26. The summed E-state index contributed by atoms with van der Waals surface area (Å²) in [6.45, 7) is 2.57. The van der Waals surface area contributed by atoms with Crippen molar-refractivity contribution in [3.05, 3.63) is 69.5 Å². The van der Waals surface area contributed by atoms with E-state index < -0.39 is 0 Å². The minimum Gasteiger partial charge on any atom is -0.355 e. The van der Waals surface area contributed by atoms with Crippen LogP contribution in [-0.2, 0) is 17.1 Å². The molecule has 1 saturated heterocycles. The summed E-state index contributed by atoms with van der Waals surface area (Å²) in [6.07, 6.45) is 1.79. The molecule has 2 aromatic carbocycles. The lowest BCUT2D eigenvalue weighted by Crippen LogP contribution is -2.43. The fourth-order valence-electron chi connectivity index (χ4n) is 3.48. The molecule has 7 heteroatoms. The van der Waals surface area contributed by atoms with E-state index in [2.05, 4.69) is 10.2 Å². The predicted molar refractivity (Wildman–Crippen MR) is 120 cm³/mol. The molecule has 0 aromatic heterocycles. The molecule has 0 bridgehead atoms. The molecule has 3 rings (SSSR count). The molecule has 1 aliphatic rings. The van der Waals surface area contributed by atoms with Crippen LogP contribution in [0.4, 0.5) is 4.39 Å². The first-order chi connectivity index (χ1) is 14.0. The van der Waals surface area contributed by atoms with E-state index in [4.69, 9.17) is 23.2 Å². The van der Waals surface area contributed by atoms with Crippen LogP contribution in [0.5, 0.6) is 0 Å². The number of benzene rings is 2. The van der Waals surface area contributed by atoms with Crippen molar-refractivity contribution < 1.29 is 9.18 Å². The number of hydrogen-bond donors (Lipinski definition) is 1. The molecule has 1 atom stereocenters. The van der Waals surface area contributed by atoms with E-state index in [1.54, 1.807) is 23.9 Å². The minimum absolute atomic E-state index is 0.0597. The Morgan fingerprint density at radius 1 is 1.21 bits per heavy atom. The summed E-state index contributed by atoms with van der Waals surface area (Å²) in [5.74, 6) is 1.49. The molecule has 1 aliphatic heterocycles. The van der Waals surface area contributed by atoms with Gasteiger partial charge in [0.1, 0.15) is 5.82 Å². The quantitative estimate of drug-likeness (QED) is 0.542. The van der Waals surface area contributed by atoms with Crippen LogP contribution in [0.2, 0.25) is 10.0 Å². The molecule has 156 valence electrons. The molecule has 0 aliphatic carbocycles. The molecule has 3 nitrogen and oxygen atoms in total. The Hall–Kier alpha value is -1.27. The summed E-state index contributed by atoms with van der Waals surface area (Å²) in [4.78, 5) is 14.7. The Balaban J connectivity index is 1.39. The number of nitrogens with zero attached hydrogens (tertiary/aromatic N) is 1. The van der Waals surface area contributed by atoms with Crippen LogP contribution in [0, 0.1) is 11.7 Å². The van der Waals surface area contributed by atoms with Gasteiger partial charge in [0.2, 0.25) is 5.91 Å².